The summed E-state index contributed by atoms with van der Waals surface area (Å²) >= 11 is 0. The highest BCUT2D eigenvalue weighted by Crippen LogP contribution is 2.59. The van der Waals surface area contributed by atoms with Gasteiger partial charge < -0.3 is 24.5 Å². The first-order chi connectivity index (χ1) is 19.3. The van der Waals surface area contributed by atoms with Crippen LogP contribution < -0.4 is 9.80 Å². The van der Waals surface area contributed by atoms with E-state index in [4.69, 9.17) is 4.74 Å². The number of hydrogen-bond donors (Lipinski definition) is 1. The molecular weight excluding hydrogens is 506 g/mol. The van der Waals surface area contributed by atoms with Crippen molar-refractivity contribution >= 4 is 29.1 Å². The van der Waals surface area contributed by atoms with E-state index in [2.05, 4.69) is 13.2 Å². The van der Waals surface area contributed by atoms with Crippen LogP contribution in [0.5, 0.6) is 0 Å². The lowest BCUT2D eigenvalue weighted by molar-refractivity contribution is -0.141. The number of fused-ring (bicyclic) bond motifs is 1. The van der Waals surface area contributed by atoms with Gasteiger partial charge in [-0.25, -0.2) is 0 Å². The van der Waals surface area contributed by atoms with Crippen molar-refractivity contribution in [3.8, 4) is 0 Å². The van der Waals surface area contributed by atoms with Gasteiger partial charge in [0.1, 0.15) is 11.6 Å². The summed E-state index contributed by atoms with van der Waals surface area (Å²) in [5.74, 6) is -2.39. The number of amides is 3. The van der Waals surface area contributed by atoms with E-state index in [1.807, 2.05) is 62.4 Å². The zero-order chi connectivity index (χ0) is 28.6. The fourth-order valence-electron chi connectivity index (χ4n) is 6.90. The van der Waals surface area contributed by atoms with Crippen molar-refractivity contribution in [1.29, 1.82) is 0 Å². The smallest absolute Gasteiger partial charge is 0.253 e. The number of aryl methyl sites for hydroxylation is 2. The quantitative estimate of drug-likeness (QED) is 0.464. The minimum absolute atomic E-state index is 0.0216. The van der Waals surface area contributed by atoms with Crippen molar-refractivity contribution in [2.24, 2.45) is 11.8 Å². The van der Waals surface area contributed by atoms with Gasteiger partial charge in [0.25, 0.3) is 5.91 Å². The highest BCUT2D eigenvalue weighted by Gasteiger charge is 2.75. The molecule has 2 aromatic rings. The summed E-state index contributed by atoms with van der Waals surface area (Å²) in [4.78, 5) is 47.5. The third-order valence-corrected chi connectivity index (χ3v) is 8.54. The summed E-state index contributed by atoms with van der Waals surface area (Å²) in [7, 11) is 0. The van der Waals surface area contributed by atoms with Gasteiger partial charge in [0.15, 0.2) is 0 Å². The molecule has 3 amide bonds. The molecule has 3 saturated heterocycles. The standard InChI is InChI=1S/C32H37N3O5/c1-5-16-33(23-10-8-7-9-11-23)29(37)26-25-14-15-32(40-25)27(26)30(38)35(18-19-36)28(32)31(39)34(17-6-2)24-20-21(3)12-13-22(24)4/h5-13,20,25-28,36H,1-2,14-19H2,3-4H3/t25-,26+,27+,28?,32?/m1/s1. The van der Waals surface area contributed by atoms with E-state index in [-0.39, 0.29) is 44.0 Å². The molecule has 0 aromatic heterocycles. The molecule has 3 aliphatic heterocycles. The number of para-hydroxylation sites is 1. The van der Waals surface area contributed by atoms with E-state index >= 15 is 0 Å². The van der Waals surface area contributed by atoms with Gasteiger partial charge in [-0.15, -0.1) is 13.2 Å². The van der Waals surface area contributed by atoms with Gasteiger partial charge in [0.05, 0.1) is 24.5 Å². The van der Waals surface area contributed by atoms with Gasteiger partial charge in [-0.3, -0.25) is 14.4 Å². The molecule has 0 aliphatic carbocycles. The number of carbonyl (C=O) groups is 3. The van der Waals surface area contributed by atoms with Gasteiger partial charge >= 0.3 is 0 Å². The van der Waals surface area contributed by atoms with Gasteiger partial charge in [-0.05, 0) is 56.0 Å². The monoisotopic (exact) mass is 543 g/mol. The van der Waals surface area contributed by atoms with E-state index in [0.29, 0.717) is 18.5 Å². The highest BCUT2D eigenvalue weighted by molar-refractivity contribution is 6.06. The summed E-state index contributed by atoms with van der Waals surface area (Å²) in [6, 6.07) is 14.2. The summed E-state index contributed by atoms with van der Waals surface area (Å²) in [6.07, 6.45) is 3.90. The number of nitrogens with zero attached hydrogens (tertiary/aromatic N) is 3. The molecule has 40 heavy (non-hydrogen) atoms. The van der Waals surface area contributed by atoms with Crippen molar-refractivity contribution in [3.63, 3.8) is 0 Å². The van der Waals surface area contributed by atoms with Crippen LogP contribution in [0.3, 0.4) is 0 Å². The van der Waals surface area contributed by atoms with Crippen LogP contribution in [0.15, 0.2) is 73.8 Å². The maximum atomic E-state index is 14.5. The molecule has 2 aromatic carbocycles. The lowest BCUT2D eigenvalue weighted by Crippen LogP contribution is -2.57. The van der Waals surface area contributed by atoms with E-state index < -0.39 is 29.6 Å². The Morgan fingerprint density at radius 2 is 1.77 bits per heavy atom. The molecule has 5 atom stereocenters. The largest absolute Gasteiger partial charge is 0.395 e. The average molecular weight is 544 g/mol. The summed E-state index contributed by atoms with van der Waals surface area (Å²) < 4.78 is 6.59. The second kappa shape index (κ2) is 11.0. The Bertz CT molecular complexity index is 1330. The Balaban J connectivity index is 1.56. The summed E-state index contributed by atoms with van der Waals surface area (Å²) in [5, 5.41) is 9.93. The predicted octanol–water partition coefficient (Wildman–Crippen LogP) is 3.41. The van der Waals surface area contributed by atoms with E-state index in [1.165, 1.54) is 4.90 Å². The number of ether oxygens (including phenoxy) is 1. The van der Waals surface area contributed by atoms with Crippen LogP contribution >= 0.6 is 0 Å². The van der Waals surface area contributed by atoms with Crippen LogP contribution in [-0.2, 0) is 19.1 Å². The minimum Gasteiger partial charge on any atom is -0.395 e. The Morgan fingerprint density at radius 3 is 2.45 bits per heavy atom. The number of benzene rings is 2. The van der Waals surface area contributed by atoms with Gasteiger partial charge in [0, 0.05) is 31.0 Å². The van der Waals surface area contributed by atoms with Gasteiger partial charge in [-0.2, -0.15) is 0 Å². The van der Waals surface area contributed by atoms with Gasteiger partial charge in [-0.1, -0.05) is 42.5 Å². The van der Waals surface area contributed by atoms with Crippen molar-refractivity contribution in [1.82, 2.24) is 4.90 Å². The topological polar surface area (TPSA) is 90.4 Å². The molecule has 210 valence electrons. The van der Waals surface area contributed by atoms with Crippen molar-refractivity contribution < 1.29 is 24.2 Å². The van der Waals surface area contributed by atoms with Crippen LogP contribution in [0.2, 0.25) is 0 Å². The Hall–Kier alpha value is -3.75. The number of β-amino-alcohol motifs (C(OH)–C–C–N with tert-alkyl or cyclic N) is 1. The van der Waals surface area contributed by atoms with E-state index in [9.17, 15) is 19.5 Å². The first-order valence-electron chi connectivity index (χ1n) is 13.8. The average Bonchev–Trinajstić information content (AvgIpc) is 3.59. The molecule has 2 unspecified atom stereocenters. The maximum Gasteiger partial charge on any atom is 0.253 e. The summed E-state index contributed by atoms with van der Waals surface area (Å²) in [5.41, 5.74) is 2.21. The maximum absolute atomic E-state index is 14.5. The number of likely N-dealkylation sites (tertiary alicyclic amines) is 1. The molecule has 8 nitrogen and oxygen atoms in total. The van der Waals surface area contributed by atoms with E-state index in [0.717, 1.165) is 16.8 Å². The number of aliphatic hydroxyl groups excluding tert-OH is 1. The Morgan fingerprint density at radius 1 is 1.07 bits per heavy atom. The van der Waals surface area contributed by atoms with Crippen LogP contribution in [0.4, 0.5) is 11.4 Å². The molecular formula is C32H37N3O5. The third-order valence-electron chi connectivity index (χ3n) is 8.54. The zero-order valence-electron chi connectivity index (χ0n) is 23.2. The van der Waals surface area contributed by atoms with Crippen LogP contribution in [-0.4, -0.2) is 71.7 Å². The predicted molar refractivity (Wildman–Crippen MR) is 154 cm³/mol. The molecule has 5 rings (SSSR count). The molecule has 2 bridgehead atoms. The lowest BCUT2D eigenvalue weighted by Gasteiger charge is -2.37. The fourth-order valence-corrected chi connectivity index (χ4v) is 6.90. The fraction of sp³-hybridized carbons (Fsp3) is 0.406. The first kappa shape index (κ1) is 27.8. The summed E-state index contributed by atoms with van der Waals surface area (Å²) in [6.45, 7) is 11.8. The second-order valence-electron chi connectivity index (χ2n) is 10.9. The molecule has 1 spiro atoms. The SMILES string of the molecule is C=CCN(C(=O)[C@@H]1[C@H]2C(=O)N(CCO)C(C(=O)N(CC=C)c3cc(C)ccc3C)C23CC[C@H]1O3)c1ccccc1. The second-order valence-corrected chi connectivity index (χ2v) is 10.9. The third kappa shape index (κ3) is 4.35. The van der Waals surface area contributed by atoms with Gasteiger partial charge in [0.2, 0.25) is 11.8 Å². The highest BCUT2D eigenvalue weighted by atomic mass is 16.5. The Labute approximate surface area is 235 Å². The molecule has 3 heterocycles. The Kier molecular flexibility index (Phi) is 7.66. The molecule has 0 saturated carbocycles. The number of carbonyl (C=O) groups excluding carboxylic acids is 3. The number of aliphatic hydroxyl groups is 1. The van der Waals surface area contributed by atoms with Crippen LogP contribution in [0.25, 0.3) is 0 Å². The molecule has 3 aliphatic rings. The number of anilines is 2. The van der Waals surface area contributed by atoms with E-state index in [1.54, 1.807) is 22.0 Å². The van der Waals surface area contributed by atoms with Crippen LogP contribution in [0, 0.1) is 25.7 Å². The molecule has 8 heteroatoms. The number of hydrogen-bond acceptors (Lipinski definition) is 5. The van der Waals surface area contributed by atoms with Crippen molar-refractivity contribution in [2.75, 3.05) is 36.0 Å². The van der Waals surface area contributed by atoms with Crippen LogP contribution in [0.1, 0.15) is 24.0 Å². The molecule has 3 fully saturated rings. The molecule has 0 radical (unpaired) electrons. The lowest BCUT2D eigenvalue weighted by atomic mass is 9.70. The first-order valence-corrected chi connectivity index (χ1v) is 13.8. The molecule has 1 N–H and O–H groups in total. The normalized spacial score (nSPS) is 26.5. The minimum atomic E-state index is -1.15. The number of rotatable bonds is 10. The zero-order valence-corrected chi connectivity index (χ0v) is 23.2. The van der Waals surface area contributed by atoms with Crippen molar-refractivity contribution in [2.45, 2.75) is 44.4 Å². The van der Waals surface area contributed by atoms with Crippen molar-refractivity contribution in [3.05, 3.63) is 85.0 Å².